The normalized spacial score (nSPS) is 11.0. The molecule has 0 rings (SSSR count). The van der Waals surface area contributed by atoms with Crippen molar-refractivity contribution in [2.45, 2.75) is 6.42 Å². The van der Waals surface area contributed by atoms with Crippen molar-refractivity contribution in [1.82, 2.24) is 15.6 Å². The predicted octanol–water partition coefficient (Wildman–Crippen LogP) is -1.01. The van der Waals surface area contributed by atoms with E-state index in [2.05, 4.69) is 17.1 Å². The molecular formula is C12H26N5O4-. The van der Waals surface area contributed by atoms with Gasteiger partial charge in [-0.05, 0) is 0 Å². The molecule has 0 saturated heterocycles. The second-order valence-electron chi connectivity index (χ2n) is 4.47. The zero-order chi connectivity index (χ0) is 16.1. The van der Waals surface area contributed by atoms with E-state index in [1.807, 2.05) is 0 Å². The molecule has 0 spiro atoms. The first-order valence-electron chi connectivity index (χ1n) is 6.72. The van der Waals surface area contributed by atoms with E-state index in [-0.39, 0.29) is 11.8 Å². The smallest absolute Gasteiger partial charge is 0.220 e. The number of hydrazone groups is 1. The molecule has 1 amide bonds. The number of nitrogens with zero attached hydrogens (tertiary/aromatic N) is 3. The summed E-state index contributed by atoms with van der Waals surface area (Å²) >= 11 is 0. The lowest BCUT2D eigenvalue weighted by molar-refractivity contribution is -0.123. The van der Waals surface area contributed by atoms with Crippen molar-refractivity contribution < 1.29 is 14.3 Å². The van der Waals surface area contributed by atoms with Crippen LogP contribution in [0.4, 0.5) is 0 Å². The molecule has 0 unspecified atom stereocenters. The second kappa shape index (κ2) is 12.5. The third-order valence-electron chi connectivity index (χ3n) is 2.72. The molecular weight excluding hydrogens is 278 g/mol. The van der Waals surface area contributed by atoms with Gasteiger partial charge in [0.2, 0.25) is 5.91 Å². The van der Waals surface area contributed by atoms with Gasteiger partial charge in [-0.3, -0.25) is 10.1 Å². The maximum Gasteiger partial charge on any atom is 0.220 e. The fourth-order valence-corrected chi connectivity index (χ4v) is 1.82. The van der Waals surface area contributed by atoms with Crippen LogP contribution in [0.3, 0.4) is 0 Å². The van der Waals surface area contributed by atoms with Crippen molar-refractivity contribution in [2.75, 3.05) is 53.6 Å². The molecule has 3 N–H and O–H groups in total. The second-order valence-corrected chi connectivity index (χ2v) is 4.47. The molecule has 0 aliphatic rings. The summed E-state index contributed by atoms with van der Waals surface area (Å²) in [4.78, 5) is 11.8. The first-order valence-corrected chi connectivity index (χ1v) is 6.72. The molecule has 0 saturated carbocycles. The van der Waals surface area contributed by atoms with Gasteiger partial charge >= 0.3 is 0 Å². The third-order valence-corrected chi connectivity index (χ3v) is 2.72. The number of amides is 1. The summed E-state index contributed by atoms with van der Waals surface area (Å²) in [5.74, 6) is -0.114. The summed E-state index contributed by atoms with van der Waals surface area (Å²) in [7, 11) is 3.16. The fraction of sp³-hybridized carbons (Fsp3) is 0.833. The average Bonchev–Trinajstić information content (AvgIpc) is 2.46. The standard InChI is InChI=1S/C12H26N5O4/c1-14-17(19)16(6-4-13)7-5-15-12(18)8-11(9-20-2)10-21-3/h11H,1,4-10,13H2,2-3H3,(H,15,18)/q-1. The van der Waals surface area contributed by atoms with E-state index in [0.717, 1.165) is 0 Å². The Hall–Kier alpha value is -1.26. The van der Waals surface area contributed by atoms with E-state index in [1.54, 1.807) is 14.2 Å². The van der Waals surface area contributed by atoms with Gasteiger partial charge < -0.3 is 25.7 Å². The number of hydrazine groups is 1. The first kappa shape index (κ1) is 19.7. The van der Waals surface area contributed by atoms with Gasteiger partial charge in [-0.2, -0.15) is 5.10 Å². The van der Waals surface area contributed by atoms with Gasteiger partial charge in [0.15, 0.2) is 0 Å². The number of hydrogen-bond donors (Lipinski definition) is 2. The van der Waals surface area contributed by atoms with Gasteiger partial charge in [0.1, 0.15) is 0 Å². The van der Waals surface area contributed by atoms with Gasteiger partial charge in [0, 0.05) is 59.5 Å². The summed E-state index contributed by atoms with van der Waals surface area (Å²) in [6.07, 6.45) is 0.305. The Balaban J connectivity index is 4.07. The molecule has 9 heteroatoms. The van der Waals surface area contributed by atoms with Gasteiger partial charge in [-0.25, -0.2) is 5.01 Å². The Morgan fingerprint density at radius 2 is 2.00 bits per heavy atom. The zero-order valence-electron chi connectivity index (χ0n) is 12.8. The van der Waals surface area contributed by atoms with E-state index >= 15 is 0 Å². The number of ether oxygens (including phenoxy) is 2. The van der Waals surface area contributed by atoms with Crippen LogP contribution >= 0.6 is 0 Å². The Morgan fingerprint density at radius 1 is 1.38 bits per heavy atom. The Kier molecular flexibility index (Phi) is 11.7. The van der Waals surface area contributed by atoms with Gasteiger partial charge in [0.05, 0.1) is 13.2 Å². The van der Waals surface area contributed by atoms with Crippen molar-refractivity contribution in [3.8, 4) is 0 Å². The fourth-order valence-electron chi connectivity index (χ4n) is 1.82. The van der Waals surface area contributed by atoms with Crippen molar-refractivity contribution in [3.63, 3.8) is 0 Å². The van der Waals surface area contributed by atoms with Crippen molar-refractivity contribution in [2.24, 2.45) is 16.8 Å². The number of hydrogen-bond acceptors (Lipinski definition) is 8. The Labute approximate surface area is 125 Å². The molecule has 9 nitrogen and oxygen atoms in total. The Bertz CT molecular complexity index is 287. The molecule has 0 bridgehead atoms. The third kappa shape index (κ3) is 9.32. The largest absolute Gasteiger partial charge is 0.726 e. The van der Waals surface area contributed by atoms with Crippen LogP contribution in [0.1, 0.15) is 6.42 Å². The molecule has 0 fully saturated rings. The molecule has 0 aliphatic carbocycles. The minimum Gasteiger partial charge on any atom is -0.726 e. The SMILES string of the molecule is C=NN([O-])N(CCN)CCNC(=O)CC(COC)COC. The van der Waals surface area contributed by atoms with Crippen LogP contribution < -0.4 is 11.1 Å². The maximum absolute atomic E-state index is 11.8. The van der Waals surface area contributed by atoms with Crippen LogP contribution in [-0.2, 0) is 14.3 Å². The maximum atomic E-state index is 11.8. The quantitative estimate of drug-likeness (QED) is 0.331. The molecule has 0 radical (unpaired) electrons. The van der Waals surface area contributed by atoms with E-state index < -0.39 is 0 Å². The first-order chi connectivity index (χ1) is 10.1. The summed E-state index contributed by atoms with van der Waals surface area (Å²) in [6.45, 7) is 5.34. The number of carbonyl (C=O) groups excluding carboxylic acids is 1. The van der Waals surface area contributed by atoms with Crippen LogP contribution in [0.15, 0.2) is 5.10 Å². The number of rotatable bonds is 13. The Morgan fingerprint density at radius 3 is 2.48 bits per heavy atom. The lowest BCUT2D eigenvalue weighted by atomic mass is 10.1. The summed E-state index contributed by atoms with van der Waals surface area (Å²) in [6, 6.07) is 0. The van der Waals surface area contributed by atoms with E-state index in [1.165, 1.54) is 5.01 Å². The lowest BCUT2D eigenvalue weighted by Gasteiger charge is -2.36. The van der Waals surface area contributed by atoms with Crippen molar-refractivity contribution in [1.29, 1.82) is 0 Å². The van der Waals surface area contributed by atoms with Crippen LogP contribution in [0.25, 0.3) is 0 Å². The highest BCUT2D eigenvalue weighted by molar-refractivity contribution is 5.76. The number of nitrogens with two attached hydrogens (primary N) is 1. The van der Waals surface area contributed by atoms with Crippen LogP contribution in [-0.4, -0.2) is 76.5 Å². The highest BCUT2D eigenvalue weighted by Gasteiger charge is 2.14. The van der Waals surface area contributed by atoms with E-state index in [0.29, 0.717) is 51.1 Å². The molecule has 0 aromatic rings. The summed E-state index contributed by atoms with van der Waals surface area (Å²) < 4.78 is 10.1. The van der Waals surface area contributed by atoms with Crippen LogP contribution in [0, 0.1) is 11.1 Å². The number of methoxy groups -OCH3 is 2. The van der Waals surface area contributed by atoms with E-state index in [9.17, 15) is 10.0 Å². The lowest BCUT2D eigenvalue weighted by Crippen LogP contribution is -2.43. The highest BCUT2D eigenvalue weighted by atomic mass is 16.6. The summed E-state index contributed by atoms with van der Waals surface area (Å²) in [5.41, 5.74) is 5.40. The number of carbonyl (C=O) groups is 1. The predicted molar refractivity (Wildman–Crippen MR) is 80.3 cm³/mol. The van der Waals surface area contributed by atoms with Crippen molar-refractivity contribution >= 4 is 12.6 Å². The van der Waals surface area contributed by atoms with Crippen LogP contribution in [0.5, 0.6) is 0 Å². The van der Waals surface area contributed by atoms with E-state index in [4.69, 9.17) is 15.2 Å². The molecule has 124 valence electrons. The molecule has 0 aliphatic heterocycles. The molecule has 0 aromatic carbocycles. The van der Waals surface area contributed by atoms with Gasteiger partial charge in [-0.15, -0.1) is 0 Å². The molecule has 0 heterocycles. The zero-order valence-corrected chi connectivity index (χ0v) is 12.8. The van der Waals surface area contributed by atoms with Gasteiger partial charge in [0.25, 0.3) is 0 Å². The van der Waals surface area contributed by atoms with Crippen LogP contribution in [0.2, 0.25) is 0 Å². The van der Waals surface area contributed by atoms with Gasteiger partial charge in [-0.1, -0.05) is 0 Å². The summed E-state index contributed by atoms with van der Waals surface area (Å²) in [5, 5.41) is 19.1. The molecule has 0 atom stereocenters. The van der Waals surface area contributed by atoms with Crippen molar-refractivity contribution in [3.05, 3.63) is 5.21 Å². The average molecular weight is 304 g/mol. The number of nitrogens with one attached hydrogen (secondary N) is 1. The monoisotopic (exact) mass is 304 g/mol. The topological polar surface area (TPSA) is 115 Å². The highest BCUT2D eigenvalue weighted by Crippen LogP contribution is 2.04. The minimum absolute atomic E-state index is 0.00555. The minimum atomic E-state index is -0.120. The molecule has 0 aromatic heterocycles. The molecule has 21 heavy (non-hydrogen) atoms.